The van der Waals surface area contributed by atoms with Crippen LogP contribution in [0, 0.1) is 0 Å². The highest BCUT2D eigenvalue weighted by Crippen LogP contribution is 2.33. The fourth-order valence-electron chi connectivity index (χ4n) is 3.94. The van der Waals surface area contributed by atoms with Gasteiger partial charge in [-0.05, 0) is 36.6 Å². The number of aromatic nitrogens is 1. The van der Waals surface area contributed by atoms with Crippen molar-refractivity contribution in [1.82, 2.24) is 9.88 Å². The van der Waals surface area contributed by atoms with Crippen LogP contribution in [0.2, 0.25) is 0 Å². The van der Waals surface area contributed by atoms with E-state index in [4.69, 9.17) is 4.42 Å². The van der Waals surface area contributed by atoms with Gasteiger partial charge in [0.2, 0.25) is 0 Å². The molecule has 0 radical (unpaired) electrons. The molecule has 1 atom stereocenters. The molecule has 1 heterocycles. The molecule has 0 bridgehead atoms. The van der Waals surface area contributed by atoms with E-state index in [1.807, 2.05) is 36.4 Å². The van der Waals surface area contributed by atoms with Crippen LogP contribution in [0.1, 0.15) is 65.9 Å². The van der Waals surface area contributed by atoms with E-state index < -0.39 is 6.10 Å². The molecule has 1 aliphatic rings. The Kier molecular flexibility index (Phi) is 5.44. The lowest BCUT2D eigenvalue weighted by Gasteiger charge is -2.21. The molecule has 5 heteroatoms. The van der Waals surface area contributed by atoms with Gasteiger partial charge in [-0.15, -0.1) is 0 Å². The van der Waals surface area contributed by atoms with Crippen molar-refractivity contribution in [3.63, 3.8) is 0 Å². The van der Waals surface area contributed by atoms with E-state index in [0.29, 0.717) is 17.1 Å². The highest BCUT2D eigenvalue weighted by molar-refractivity contribution is 5.96. The first kappa shape index (κ1) is 18.7. The lowest BCUT2D eigenvalue weighted by molar-refractivity contribution is 0.0681. The number of hydrogen-bond donors (Lipinski definition) is 1. The monoisotopic (exact) mass is 378 g/mol. The Bertz CT molecular complexity index is 945. The minimum absolute atomic E-state index is 0.146. The van der Waals surface area contributed by atoms with Gasteiger partial charge >= 0.3 is 0 Å². The van der Waals surface area contributed by atoms with Crippen LogP contribution in [0.25, 0.3) is 11.1 Å². The van der Waals surface area contributed by atoms with Crippen LogP contribution >= 0.6 is 0 Å². The first-order valence-electron chi connectivity index (χ1n) is 10.0. The molecule has 1 aromatic heterocycles. The third kappa shape index (κ3) is 3.94. The highest BCUT2D eigenvalue weighted by atomic mass is 16.3. The van der Waals surface area contributed by atoms with Gasteiger partial charge in [-0.2, -0.15) is 0 Å². The van der Waals surface area contributed by atoms with Crippen LogP contribution in [0.3, 0.4) is 0 Å². The normalized spacial score (nSPS) is 16.2. The third-order valence-corrected chi connectivity index (χ3v) is 5.58. The number of amides is 1. The second-order valence-corrected chi connectivity index (χ2v) is 7.68. The first-order chi connectivity index (χ1) is 13.6. The van der Waals surface area contributed by atoms with Gasteiger partial charge in [0.15, 0.2) is 11.5 Å². The van der Waals surface area contributed by atoms with Gasteiger partial charge in [-0.25, -0.2) is 4.98 Å². The van der Waals surface area contributed by atoms with Crippen molar-refractivity contribution >= 4 is 17.0 Å². The van der Waals surface area contributed by atoms with Gasteiger partial charge in [0.25, 0.3) is 5.91 Å². The summed E-state index contributed by atoms with van der Waals surface area (Å²) in [6.45, 7) is 0.227. The largest absolute Gasteiger partial charge is 0.440 e. The summed E-state index contributed by atoms with van der Waals surface area (Å²) in [4.78, 5) is 19.0. The van der Waals surface area contributed by atoms with E-state index in [2.05, 4.69) is 4.98 Å². The van der Waals surface area contributed by atoms with Crippen LogP contribution in [-0.4, -0.2) is 34.5 Å². The number of aliphatic hydroxyl groups excluding tert-OH is 1. The van der Waals surface area contributed by atoms with Crippen molar-refractivity contribution in [3.05, 3.63) is 65.5 Å². The molecule has 1 unspecified atom stereocenters. The molecule has 1 aliphatic carbocycles. The Morgan fingerprint density at radius 1 is 1.18 bits per heavy atom. The molecule has 28 heavy (non-hydrogen) atoms. The number of rotatable bonds is 5. The Morgan fingerprint density at radius 3 is 2.68 bits per heavy atom. The van der Waals surface area contributed by atoms with Gasteiger partial charge in [-0.1, -0.05) is 49.6 Å². The highest BCUT2D eigenvalue weighted by Gasteiger charge is 2.22. The molecular formula is C23H26N2O3. The Hall–Kier alpha value is -2.66. The van der Waals surface area contributed by atoms with Crippen molar-refractivity contribution in [1.29, 1.82) is 0 Å². The molecule has 146 valence electrons. The molecule has 1 N–H and O–H groups in total. The van der Waals surface area contributed by atoms with Gasteiger partial charge < -0.3 is 14.4 Å². The van der Waals surface area contributed by atoms with E-state index in [-0.39, 0.29) is 12.5 Å². The summed E-state index contributed by atoms with van der Waals surface area (Å²) in [6, 6.07) is 14.8. The second kappa shape index (κ2) is 8.15. The number of aliphatic hydroxyl groups is 1. The molecule has 1 saturated carbocycles. The molecule has 4 rings (SSSR count). The zero-order valence-electron chi connectivity index (χ0n) is 16.2. The lowest BCUT2D eigenvalue weighted by Crippen LogP contribution is -2.31. The van der Waals surface area contributed by atoms with Crippen molar-refractivity contribution in [2.75, 3.05) is 13.6 Å². The number of carbonyl (C=O) groups excluding carboxylic acids is 1. The fraction of sp³-hybridized carbons (Fsp3) is 0.391. The van der Waals surface area contributed by atoms with Crippen LogP contribution in [0.15, 0.2) is 52.9 Å². The van der Waals surface area contributed by atoms with E-state index in [9.17, 15) is 9.90 Å². The van der Waals surface area contributed by atoms with E-state index in [1.165, 1.54) is 24.2 Å². The summed E-state index contributed by atoms with van der Waals surface area (Å²) in [5.74, 6) is 1.05. The molecule has 5 nitrogen and oxygen atoms in total. The molecule has 2 aromatic carbocycles. The van der Waals surface area contributed by atoms with Gasteiger partial charge in [0, 0.05) is 18.5 Å². The van der Waals surface area contributed by atoms with E-state index >= 15 is 0 Å². The number of fused-ring (bicyclic) bond motifs is 1. The van der Waals surface area contributed by atoms with Gasteiger partial charge in [-0.3, -0.25) is 4.79 Å². The maximum Gasteiger partial charge on any atom is 0.253 e. The maximum atomic E-state index is 12.8. The minimum Gasteiger partial charge on any atom is -0.440 e. The zero-order chi connectivity index (χ0) is 19.5. The van der Waals surface area contributed by atoms with Crippen molar-refractivity contribution < 1.29 is 14.3 Å². The van der Waals surface area contributed by atoms with Crippen molar-refractivity contribution in [2.24, 2.45) is 0 Å². The molecular weight excluding hydrogens is 352 g/mol. The summed E-state index contributed by atoms with van der Waals surface area (Å²) in [5, 5.41) is 10.4. The molecule has 0 spiro atoms. The number of likely N-dealkylation sites (N-methyl/N-ethyl adjacent to an activating group) is 1. The standard InChI is InChI=1S/C23H26N2O3/c1-25(15-20(26)16-8-4-2-5-9-16)23(27)18-12-13-19-21(14-18)28-22(24-19)17-10-6-3-7-11-17/h2,4-5,8-9,12-14,17,20,26H,3,6-7,10-11,15H2,1H3. The van der Waals surface area contributed by atoms with Crippen molar-refractivity contribution in [2.45, 2.75) is 44.1 Å². The quantitative estimate of drug-likeness (QED) is 0.700. The summed E-state index contributed by atoms with van der Waals surface area (Å²) in [5.41, 5.74) is 2.79. The Balaban J connectivity index is 1.48. The summed E-state index contributed by atoms with van der Waals surface area (Å²) in [6.07, 6.45) is 5.26. The fourth-order valence-corrected chi connectivity index (χ4v) is 3.94. The average Bonchev–Trinajstić information content (AvgIpc) is 3.18. The minimum atomic E-state index is -0.720. The molecule has 1 amide bonds. The van der Waals surface area contributed by atoms with E-state index in [0.717, 1.165) is 29.8 Å². The predicted molar refractivity (Wildman–Crippen MR) is 108 cm³/mol. The topological polar surface area (TPSA) is 66.6 Å². The third-order valence-electron chi connectivity index (χ3n) is 5.58. The number of benzene rings is 2. The smallest absolute Gasteiger partial charge is 0.253 e. The van der Waals surface area contributed by atoms with Crippen LogP contribution < -0.4 is 0 Å². The van der Waals surface area contributed by atoms with Crippen molar-refractivity contribution in [3.8, 4) is 0 Å². The Morgan fingerprint density at radius 2 is 1.93 bits per heavy atom. The predicted octanol–water partition coefficient (Wildman–Crippen LogP) is 4.68. The molecule has 0 aliphatic heterocycles. The maximum absolute atomic E-state index is 12.8. The summed E-state index contributed by atoms with van der Waals surface area (Å²) < 4.78 is 6.00. The lowest BCUT2D eigenvalue weighted by atomic mass is 9.89. The van der Waals surface area contributed by atoms with Gasteiger partial charge in [0.05, 0.1) is 12.6 Å². The zero-order valence-corrected chi connectivity index (χ0v) is 16.2. The SMILES string of the molecule is CN(CC(O)c1ccccc1)C(=O)c1ccc2nc(C3CCCCC3)oc2c1. The van der Waals surface area contributed by atoms with Gasteiger partial charge in [0.1, 0.15) is 5.52 Å². The summed E-state index contributed by atoms with van der Waals surface area (Å²) >= 11 is 0. The van der Waals surface area contributed by atoms with Crippen LogP contribution in [0.4, 0.5) is 0 Å². The summed E-state index contributed by atoms with van der Waals surface area (Å²) in [7, 11) is 1.70. The first-order valence-corrected chi connectivity index (χ1v) is 10.0. The molecule has 3 aromatic rings. The van der Waals surface area contributed by atoms with Crippen LogP contribution in [-0.2, 0) is 0 Å². The van der Waals surface area contributed by atoms with E-state index in [1.54, 1.807) is 19.2 Å². The molecule has 0 saturated heterocycles. The molecule has 1 fully saturated rings. The second-order valence-electron chi connectivity index (χ2n) is 7.68. The number of oxazole rings is 1. The number of hydrogen-bond acceptors (Lipinski definition) is 4. The Labute approximate surface area is 165 Å². The van der Waals surface area contributed by atoms with Crippen LogP contribution in [0.5, 0.6) is 0 Å². The number of carbonyl (C=O) groups is 1. The average molecular weight is 378 g/mol. The number of nitrogens with zero attached hydrogens (tertiary/aromatic N) is 2.